The van der Waals surface area contributed by atoms with E-state index >= 15 is 0 Å². The van der Waals surface area contributed by atoms with Gasteiger partial charge in [-0.1, -0.05) is 269 Å². The molecule has 0 saturated heterocycles. The van der Waals surface area contributed by atoms with Crippen molar-refractivity contribution in [1.82, 2.24) is 5.32 Å². The van der Waals surface area contributed by atoms with Crippen molar-refractivity contribution in [1.29, 1.82) is 0 Å². The van der Waals surface area contributed by atoms with Gasteiger partial charge in [0.15, 0.2) is 0 Å². The molecular weight excluding hydrogens is 851 g/mol. The average molecular weight is 971 g/mol. The molecule has 406 valence electrons. The van der Waals surface area contributed by atoms with Crippen molar-refractivity contribution in [2.75, 3.05) is 13.2 Å². The summed E-state index contributed by atoms with van der Waals surface area (Å²) in [4.78, 5) is 24.6. The highest BCUT2D eigenvalue weighted by Gasteiger charge is 2.18. The van der Waals surface area contributed by atoms with Crippen LogP contribution in [0.5, 0.6) is 0 Å². The molecule has 1 amide bonds. The maximum Gasteiger partial charge on any atom is 0.305 e. The van der Waals surface area contributed by atoms with E-state index in [1.807, 2.05) is 6.08 Å². The molecule has 0 aliphatic rings. The Bertz CT molecular complexity index is 1120. The molecule has 0 radical (unpaired) electrons. The van der Waals surface area contributed by atoms with Crippen molar-refractivity contribution in [2.24, 2.45) is 0 Å². The van der Waals surface area contributed by atoms with E-state index in [0.717, 1.165) is 57.8 Å². The first-order valence-electron chi connectivity index (χ1n) is 30.8. The van der Waals surface area contributed by atoms with E-state index in [4.69, 9.17) is 4.74 Å². The highest BCUT2D eigenvalue weighted by atomic mass is 16.5. The topological polar surface area (TPSA) is 95.9 Å². The second-order valence-corrected chi connectivity index (χ2v) is 21.0. The van der Waals surface area contributed by atoms with Crippen LogP contribution in [0.15, 0.2) is 36.5 Å². The summed E-state index contributed by atoms with van der Waals surface area (Å²) in [5.74, 6) is -0.0842. The van der Waals surface area contributed by atoms with Gasteiger partial charge in [0.25, 0.3) is 0 Å². The number of unbranched alkanes of at least 4 members (excludes halogenated alkanes) is 42. The lowest BCUT2D eigenvalue weighted by atomic mass is 10.0. The quantitative estimate of drug-likeness (QED) is 0.0321. The van der Waals surface area contributed by atoms with Crippen LogP contribution >= 0.6 is 0 Å². The van der Waals surface area contributed by atoms with Crippen LogP contribution in [0.3, 0.4) is 0 Å². The second kappa shape index (κ2) is 58.6. The van der Waals surface area contributed by atoms with Crippen LogP contribution in [0, 0.1) is 0 Å². The number of aliphatic hydroxyl groups is 2. The molecule has 69 heavy (non-hydrogen) atoms. The van der Waals surface area contributed by atoms with Crippen LogP contribution in [-0.4, -0.2) is 47.4 Å². The average Bonchev–Trinajstić information content (AvgIpc) is 3.35. The van der Waals surface area contributed by atoms with Crippen LogP contribution in [0.4, 0.5) is 0 Å². The highest BCUT2D eigenvalue weighted by Crippen LogP contribution is 2.16. The third kappa shape index (κ3) is 55.2. The van der Waals surface area contributed by atoms with Gasteiger partial charge < -0.3 is 20.3 Å². The fourth-order valence-electron chi connectivity index (χ4n) is 9.39. The number of hydrogen-bond acceptors (Lipinski definition) is 5. The Labute approximate surface area is 430 Å². The fraction of sp³-hybridized carbons (Fsp3) is 0.873. The van der Waals surface area contributed by atoms with Gasteiger partial charge in [-0.25, -0.2) is 0 Å². The molecule has 0 aromatic heterocycles. The van der Waals surface area contributed by atoms with Crippen molar-refractivity contribution in [3.8, 4) is 0 Å². The second-order valence-electron chi connectivity index (χ2n) is 21.0. The van der Waals surface area contributed by atoms with Crippen molar-refractivity contribution in [3.05, 3.63) is 36.5 Å². The predicted molar refractivity (Wildman–Crippen MR) is 301 cm³/mol. The monoisotopic (exact) mass is 970 g/mol. The summed E-state index contributed by atoms with van der Waals surface area (Å²) in [6.45, 7) is 4.89. The predicted octanol–water partition coefficient (Wildman–Crippen LogP) is 19.2. The Kier molecular flexibility index (Phi) is 57.0. The van der Waals surface area contributed by atoms with Gasteiger partial charge in [-0.3, -0.25) is 9.59 Å². The molecule has 0 saturated carbocycles. The molecule has 6 heteroatoms. The van der Waals surface area contributed by atoms with Crippen LogP contribution in [-0.2, 0) is 14.3 Å². The largest absolute Gasteiger partial charge is 0.466 e. The molecule has 6 nitrogen and oxygen atoms in total. The zero-order chi connectivity index (χ0) is 50.0. The van der Waals surface area contributed by atoms with Crippen LogP contribution in [0.1, 0.15) is 328 Å². The molecule has 0 spiro atoms. The van der Waals surface area contributed by atoms with E-state index < -0.39 is 12.1 Å². The number of rotatable bonds is 57. The van der Waals surface area contributed by atoms with Gasteiger partial charge in [0.05, 0.1) is 25.4 Å². The third-order valence-corrected chi connectivity index (χ3v) is 14.1. The summed E-state index contributed by atoms with van der Waals surface area (Å²) < 4.78 is 5.48. The molecule has 3 N–H and O–H groups in total. The van der Waals surface area contributed by atoms with E-state index in [2.05, 4.69) is 43.5 Å². The van der Waals surface area contributed by atoms with Gasteiger partial charge in [-0.2, -0.15) is 0 Å². The normalized spacial score (nSPS) is 12.8. The minimum absolute atomic E-state index is 0.00553. The number of amides is 1. The van der Waals surface area contributed by atoms with Crippen LogP contribution in [0.25, 0.3) is 0 Å². The van der Waals surface area contributed by atoms with E-state index in [1.54, 1.807) is 6.08 Å². The van der Waals surface area contributed by atoms with Crippen LogP contribution in [0.2, 0.25) is 0 Å². The molecule has 0 aliphatic heterocycles. The number of carbonyl (C=O) groups is 2. The summed E-state index contributed by atoms with van der Waals surface area (Å²) in [5, 5.41) is 23.1. The van der Waals surface area contributed by atoms with Crippen LogP contribution < -0.4 is 5.32 Å². The molecule has 0 aliphatic carbocycles. The minimum atomic E-state index is -0.853. The number of allylic oxidation sites excluding steroid dienone is 5. The van der Waals surface area contributed by atoms with Gasteiger partial charge >= 0.3 is 5.97 Å². The number of ether oxygens (including phenoxy) is 1. The maximum atomic E-state index is 12.5. The van der Waals surface area contributed by atoms with Gasteiger partial charge in [-0.05, 0) is 83.5 Å². The Balaban J connectivity index is 3.47. The Morgan fingerprint density at radius 1 is 0.391 bits per heavy atom. The van der Waals surface area contributed by atoms with Crippen molar-refractivity contribution < 1.29 is 24.5 Å². The maximum absolute atomic E-state index is 12.5. The van der Waals surface area contributed by atoms with E-state index in [1.165, 1.54) is 244 Å². The minimum Gasteiger partial charge on any atom is -0.466 e. The van der Waals surface area contributed by atoms with E-state index in [-0.39, 0.29) is 18.5 Å². The number of carbonyl (C=O) groups excluding carboxylic acids is 2. The number of aliphatic hydroxyl groups excluding tert-OH is 2. The zero-order valence-electron chi connectivity index (χ0n) is 46.3. The van der Waals surface area contributed by atoms with Gasteiger partial charge in [-0.15, -0.1) is 0 Å². The SMILES string of the molecule is CCCCCCCCC/C=C\CCCCCCCCCC(=O)OCCCCCCCC/C=C\CCCCCCCCCC(=O)NC(CO)C(O)/C=C/CCCCCCCCCCCCCCCCC. The van der Waals surface area contributed by atoms with E-state index in [9.17, 15) is 19.8 Å². The van der Waals surface area contributed by atoms with Crippen molar-refractivity contribution in [3.63, 3.8) is 0 Å². The summed E-state index contributed by atoms with van der Waals surface area (Å²) in [6.07, 6.45) is 73.1. The van der Waals surface area contributed by atoms with Gasteiger partial charge in [0, 0.05) is 12.8 Å². The molecule has 2 unspecified atom stereocenters. The molecule has 0 aromatic rings. The van der Waals surface area contributed by atoms with E-state index in [0.29, 0.717) is 19.4 Å². The first-order chi connectivity index (χ1) is 34.0. The number of nitrogens with one attached hydrogen (secondary N) is 1. The fourth-order valence-corrected chi connectivity index (χ4v) is 9.39. The molecule has 0 heterocycles. The smallest absolute Gasteiger partial charge is 0.305 e. The molecule has 0 aromatic carbocycles. The first kappa shape index (κ1) is 67.1. The highest BCUT2D eigenvalue weighted by molar-refractivity contribution is 5.76. The Hall–Kier alpha value is -1.92. The third-order valence-electron chi connectivity index (χ3n) is 14.1. The Morgan fingerprint density at radius 2 is 0.681 bits per heavy atom. The molecule has 0 fully saturated rings. The summed E-state index contributed by atoms with van der Waals surface area (Å²) in [7, 11) is 0. The molecular formula is C63H119NO5. The molecule has 0 rings (SSSR count). The standard InChI is InChI=1S/C63H119NO5/c1-3-5-7-9-11-13-15-17-19-21-25-29-33-37-41-45-49-53-57-63(68)69-58-54-50-46-42-38-34-30-26-22-24-28-32-36-40-44-48-52-56-62(67)64-60(59-65)61(66)55-51-47-43-39-35-31-27-23-20-18-16-14-12-10-8-6-4-2/h19,21-22,26,51,55,60-61,65-66H,3-18,20,23-25,27-50,52-54,56-59H2,1-2H3,(H,64,67)/b21-19-,26-22-,55-51+. The summed E-state index contributed by atoms with van der Waals surface area (Å²) in [5.41, 5.74) is 0. The van der Waals surface area contributed by atoms with Crippen molar-refractivity contribution >= 4 is 11.9 Å². The Morgan fingerprint density at radius 3 is 1.03 bits per heavy atom. The van der Waals surface area contributed by atoms with Gasteiger partial charge in [0.2, 0.25) is 5.91 Å². The summed E-state index contributed by atoms with van der Waals surface area (Å²) >= 11 is 0. The van der Waals surface area contributed by atoms with Crippen molar-refractivity contribution in [2.45, 2.75) is 341 Å². The number of hydrogen-bond donors (Lipinski definition) is 3. The summed E-state index contributed by atoms with van der Waals surface area (Å²) in [6, 6.07) is -0.638. The van der Waals surface area contributed by atoms with Gasteiger partial charge in [0.1, 0.15) is 0 Å². The first-order valence-corrected chi connectivity index (χ1v) is 30.8. The lowest BCUT2D eigenvalue weighted by Gasteiger charge is -2.20. The lowest BCUT2D eigenvalue weighted by Crippen LogP contribution is -2.45. The molecule has 2 atom stereocenters. The lowest BCUT2D eigenvalue weighted by molar-refractivity contribution is -0.143. The molecule has 0 bridgehead atoms. The number of esters is 1. The zero-order valence-corrected chi connectivity index (χ0v) is 46.3.